The number of rotatable bonds is 6. The normalized spacial score (nSPS) is 12.6. The lowest BCUT2D eigenvalue weighted by molar-refractivity contribution is 0.105. The predicted molar refractivity (Wildman–Crippen MR) is 67.0 cm³/mol. The van der Waals surface area contributed by atoms with Gasteiger partial charge in [0.05, 0.1) is 6.54 Å². The summed E-state index contributed by atoms with van der Waals surface area (Å²) in [6.45, 7) is 3.50. The molecule has 0 aliphatic rings. The van der Waals surface area contributed by atoms with E-state index in [0.717, 1.165) is 12.1 Å². The fourth-order valence-corrected chi connectivity index (χ4v) is 1.69. The Morgan fingerprint density at radius 1 is 1.33 bits per heavy atom. The maximum absolute atomic E-state index is 5.42. The van der Waals surface area contributed by atoms with E-state index in [0.29, 0.717) is 18.3 Å². The summed E-state index contributed by atoms with van der Waals surface area (Å²) in [6.07, 6.45) is -0.311. The van der Waals surface area contributed by atoms with Gasteiger partial charge in [0.25, 0.3) is 5.89 Å². The molecule has 0 aliphatic heterocycles. The molecule has 96 valence electrons. The molecule has 1 atom stereocenters. The van der Waals surface area contributed by atoms with Gasteiger partial charge in [-0.25, -0.2) is 0 Å². The molecule has 1 N–H and O–H groups in total. The Bertz CT molecular complexity index is 470. The van der Waals surface area contributed by atoms with Crippen molar-refractivity contribution in [3.63, 3.8) is 0 Å². The lowest BCUT2D eigenvalue weighted by Crippen LogP contribution is -2.13. The summed E-state index contributed by atoms with van der Waals surface area (Å²) < 4.78 is 10.7. The minimum absolute atomic E-state index is 0.311. The van der Waals surface area contributed by atoms with Gasteiger partial charge in [0, 0.05) is 7.11 Å². The smallest absolute Gasteiger partial charge is 0.260 e. The van der Waals surface area contributed by atoms with Crippen LogP contribution in [0.15, 0.2) is 34.9 Å². The quantitative estimate of drug-likeness (QED) is 0.845. The molecule has 0 saturated heterocycles. The van der Waals surface area contributed by atoms with E-state index in [1.807, 2.05) is 37.3 Å². The van der Waals surface area contributed by atoms with Crippen molar-refractivity contribution in [3.05, 3.63) is 47.6 Å². The van der Waals surface area contributed by atoms with Gasteiger partial charge >= 0.3 is 0 Å². The second-order valence-corrected chi connectivity index (χ2v) is 3.86. The number of benzene rings is 1. The SMILES string of the molecule is CCNCc1noc(C(OC)c2ccccc2)n1. The summed E-state index contributed by atoms with van der Waals surface area (Å²) >= 11 is 0. The standard InChI is InChI=1S/C13H17N3O2/c1-3-14-9-11-15-13(18-16-11)12(17-2)10-7-5-4-6-8-10/h4-8,12,14H,3,9H2,1-2H3. The van der Waals surface area contributed by atoms with Crippen molar-refractivity contribution in [2.45, 2.75) is 19.6 Å². The van der Waals surface area contributed by atoms with E-state index in [2.05, 4.69) is 15.5 Å². The molecule has 2 rings (SSSR count). The van der Waals surface area contributed by atoms with Crippen LogP contribution in [-0.4, -0.2) is 23.8 Å². The Hall–Kier alpha value is -1.72. The molecular weight excluding hydrogens is 230 g/mol. The van der Waals surface area contributed by atoms with Crippen molar-refractivity contribution in [1.29, 1.82) is 0 Å². The van der Waals surface area contributed by atoms with Crippen LogP contribution in [0.4, 0.5) is 0 Å². The van der Waals surface area contributed by atoms with Gasteiger partial charge < -0.3 is 14.6 Å². The van der Waals surface area contributed by atoms with Crippen molar-refractivity contribution >= 4 is 0 Å². The molecule has 0 amide bonds. The Morgan fingerprint density at radius 2 is 2.11 bits per heavy atom. The number of hydrogen-bond donors (Lipinski definition) is 1. The van der Waals surface area contributed by atoms with Gasteiger partial charge in [-0.05, 0) is 12.1 Å². The number of hydrogen-bond acceptors (Lipinski definition) is 5. The van der Waals surface area contributed by atoms with Crippen molar-refractivity contribution in [1.82, 2.24) is 15.5 Å². The number of nitrogens with one attached hydrogen (secondary N) is 1. The fraction of sp³-hybridized carbons (Fsp3) is 0.385. The average molecular weight is 247 g/mol. The Morgan fingerprint density at radius 3 is 2.78 bits per heavy atom. The second kappa shape index (κ2) is 6.28. The first kappa shape index (κ1) is 12.7. The summed E-state index contributed by atoms with van der Waals surface area (Å²) in [6, 6.07) is 9.82. The minimum atomic E-state index is -0.311. The van der Waals surface area contributed by atoms with Crippen molar-refractivity contribution in [2.75, 3.05) is 13.7 Å². The lowest BCUT2D eigenvalue weighted by Gasteiger charge is -2.10. The lowest BCUT2D eigenvalue weighted by atomic mass is 10.1. The highest BCUT2D eigenvalue weighted by atomic mass is 16.5. The van der Waals surface area contributed by atoms with Crippen molar-refractivity contribution in [2.24, 2.45) is 0 Å². The first-order valence-corrected chi connectivity index (χ1v) is 5.96. The summed E-state index contributed by atoms with van der Waals surface area (Å²) in [4.78, 5) is 4.33. The zero-order valence-electron chi connectivity index (χ0n) is 10.6. The van der Waals surface area contributed by atoms with Crippen LogP contribution in [0.25, 0.3) is 0 Å². The molecule has 0 fully saturated rings. The van der Waals surface area contributed by atoms with E-state index in [1.165, 1.54) is 0 Å². The first-order chi connectivity index (χ1) is 8.85. The van der Waals surface area contributed by atoms with Crippen LogP contribution < -0.4 is 5.32 Å². The summed E-state index contributed by atoms with van der Waals surface area (Å²) in [7, 11) is 1.63. The highest BCUT2D eigenvalue weighted by molar-refractivity contribution is 5.21. The summed E-state index contributed by atoms with van der Waals surface area (Å²) in [5.74, 6) is 1.13. The predicted octanol–water partition coefficient (Wildman–Crippen LogP) is 1.91. The van der Waals surface area contributed by atoms with E-state index < -0.39 is 0 Å². The van der Waals surface area contributed by atoms with E-state index >= 15 is 0 Å². The zero-order chi connectivity index (χ0) is 12.8. The summed E-state index contributed by atoms with van der Waals surface area (Å²) in [5, 5.41) is 7.07. The van der Waals surface area contributed by atoms with Crippen LogP contribution in [0.1, 0.15) is 30.3 Å². The molecule has 5 nitrogen and oxygen atoms in total. The van der Waals surface area contributed by atoms with Gasteiger partial charge in [-0.3, -0.25) is 0 Å². The van der Waals surface area contributed by atoms with E-state index in [4.69, 9.17) is 9.26 Å². The van der Waals surface area contributed by atoms with Gasteiger partial charge in [-0.15, -0.1) is 0 Å². The molecule has 1 aromatic carbocycles. The largest absolute Gasteiger partial charge is 0.367 e. The maximum atomic E-state index is 5.42. The van der Waals surface area contributed by atoms with Crippen LogP contribution in [-0.2, 0) is 11.3 Å². The zero-order valence-corrected chi connectivity index (χ0v) is 10.6. The van der Waals surface area contributed by atoms with E-state index in [9.17, 15) is 0 Å². The molecule has 1 heterocycles. The molecule has 0 aliphatic carbocycles. The van der Waals surface area contributed by atoms with Gasteiger partial charge in [0.1, 0.15) is 0 Å². The molecule has 0 bridgehead atoms. The third-order valence-electron chi connectivity index (χ3n) is 2.58. The molecule has 1 unspecified atom stereocenters. The van der Waals surface area contributed by atoms with E-state index in [1.54, 1.807) is 7.11 Å². The molecular formula is C13H17N3O2. The van der Waals surface area contributed by atoms with Gasteiger partial charge in [-0.1, -0.05) is 42.4 Å². The van der Waals surface area contributed by atoms with Crippen molar-refractivity contribution in [3.8, 4) is 0 Å². The monoisotopic (exact) mass is 247 g/mol. The van der Waals surface area contributed by atoms with Crippen LogP contribution >= 0.6 is 0 Å². The second-order valence-electron chi connectivity index (χ2n) is 3.86. The highest BCUT2D eigenvalue weighted by Gasteiger charge is 2.20. The molecule has 0 radical (unpaired) electrons. The van der Waals surface area contributed by atoms with Crippen LogP contribution in [0.3, 0.4) is 0 Å². The van der Waals surface area contributed by atoms with Crippen LogP contribution in [0.5, 0.6) is 0 Å². The summed E-state index contributed by atoms with van der Waals surface area (Å²) in [5.41, 5.74) is 0.999. The molecule has 18 heavy (non-hydrogen) atoms. The Kier molecular flexibility index (Phi) is 4.44. The number of aromatic nitrogens is 2. The van der Waals surface area contributed by atoms with Gasteiger partial charge in [0.15, 0.2) is 11.9 Å². The topological polar surface area (TPSA) is 60.2 Å². The molecule has 5 heteroatoms. The average Bonchev–Trinajstić information content (AvgIpc) is 2.87. The minimum Gasteiger partial charge on any atom is -0.367 e. The van der Waals surface area contributed by atoms with Crippen LogP contribution in [0.2, 0.25) is 0 Å². The first-order valence-electron chi connectivity index (χ1n) is 5.96. The molecule has 1 aromatic heterocycles. The third-order valence-corrected chi connectivity index (χ3v) is 2.58. The van der Waals surface area contributed by atoms with Gasteiger partial charge in [0.2, 0.25) is 0 Å². The Labute approximate surface area is 106 Å². The molecule has 2 aromatic rings. The van der Waals surface area contributed by atoms with Gasteiger partial charge in [-0.2, -0.15) is 4.98 Å². The third kappa shape index (κ3) is 2.94. The fourth-order valence-electron chi connectivity index (χ4n) is 1.69. The Balaban J connectivity index is 2.15. The highest BCUT2D eigenvalue weighted by Crippen LogP contribution is 2.23. The number of ether oxygens (including phenoxy) is 1. The van der Waals surface area contributed by atoms with E-state index in [-0.39, 0.29) is 6.10 Å². The molecule has 0 spiro atoms. The molecule has 0 saturated carbocycles. The number of nitrogens with zero attached hydrogens (tertiary/aromatic N) is 2. The van der Waals surface area contributed by atoms with Crippen molar-refractivity contribution < 1.29 is 9.26 Å². The maximum Gasteiger partial charge on any atom is 0.260 e. The van der Waals surface area contributed by atoms with Crippen LogP contribution in [0, 0.1) is 0 Å². The number of methoxy groups -OCH3 is 1.